The van der Waals surface area contributed by atoms with E-state index in [1.54, 1.807) is 0 Å². The molecule has 2 heterocycles. The summed E-state index contributed by atoms with van der Waals surface area (Å²) < 4.78 is 7.88. The number of unbranched alkanes of at least 4 members (excludes halogenated alkanes) is 3. The van der Waals surface area contributed by atoms with Crippen molar-refractivity contribution < 1.29 is 0 Å². The molecule has 0 radical (unpaired) electrons. The van der Waals surface area contributed by atoms with Crippen LogP contribution >= 0.6 is 0 Å². The third-order valence-corrected chi connectivity index (χ3v) is 20.3. The third-order valence-electron chi connectivity index (χ3n) is 5.20. The molecule has 128 valence electrons. The molecule has 0 unspecified atom stereocenters. The molecular formula is C19H33N3Sn. The van der Waals surface area contributed by atoms with Crippen molar-refractivity contribution in [2.45, 2.75) is 72.6 Å². The van der Waals surface area contributed by atoms with Crippen LogP contribution in [0.1, 0.15) is 59.3 Å². The van der Waals surface area contributed by atoms with Gasteiger partial charge in [-0.2, -0.15) is 0 Å². The topological polar surface area (TPSA) is 30.7 Å². The van der Waals surface area contributed by atoms with Crippen molar-refractivity contribution in [3.05, 3.63) is 18.5 Å². The van der Waals surface area contributed by atoms with Gasteiger partial charge in [-0.1, -0.05) is 0 Å². The first-order valence-corrected chi connectivity index (χ1v) is 16.9. The second kappa shape index (κ2) is 9.05. The first-order valence-electron chi connectivity index (χ1n) is 9.45. The van der Waals surface area contributed by atoms with Gasteiger partial charge >= 0.3 is 146 Å². The van der Waals surface area contributed by atoms with Crippen LogP contribution in [0.4, 0.5) is 0 Å². The van der Waals surface area contributed by atoms with Gasteiger partial charge in [0.25, 0.3) is 0 Å². The van der Waals surface area contributed by atoms with E-state index < -0.39 is 18.4 Å². The van der Waals surface area contributed by atoms with Gasteiger partial charge in [-0.3, -0.25) is 0 Å². The standard InChI is InChI=1S/C7H6N3.3C4H9.Sn/c1-10-7-5-8-3-2-6(7)4-9-10;3*1-3-4-2;/h2,4-5H,1H3;3*1,3-4H2,2H3;. The predicted molar refractivity (Wildman–Crippen MR) is 103 cm³/mol. The number of nitrogens with zero attached hydrogens (tertiary/aromatic N) is 3. The fraction of sp³-hybridized carbons (Fsp3) is 0.684. The van der Waals surface area contributed by atoms with Crippen molar-refractivity contribution in [2.24, 2.45) is 7.05 Å². The van der Waals surface area contributed by atoms with Crippen LogP contribution < -0.4 is 3.71 Å². The van der Waals surface area contributed by atoms with Gasteiger partial charge in [-0.25, -0.2) is 0 Å². The Hall–Kier alpha value is -0.581. The summed E-state index contributed by atoms with van der Waals surface area (Å²) in [5.41, 5.74) is 1.16. The predicted octanol–water partition coefficient (Wildman–Crippen LogP) is 5.02. The van der Waals surface area contributed by atoms with Crippen LogP contribution in [-0.4, -0.2) is 33.1 Å². The van der Waals surface area contributed by atoms with E-state index in [-0.39, 0.29) is 0 Å². The Balaban J connectivity index is 2.40. The van der Waals surface area contributed by atoms with E-state index in [4.69, 9.17) is 4.98 Å². The van der Waals surface area contributed by atoms with Gasteiger partial charge in [-0.15, -0.1) is 0 Å². The normalized spacial score (nSPS) is 12.2. The Morgan fingerprint density at radius 2 is 1.48 bits per heavy atom. The molecule has 2 aromatic heterocycles. The summed E-state index contributed by atoms with van der Waals surface area (Å²) in [6.45, 7) is 6.98. The average molecular weight is 422 g/mol. The molecule has 4 heteroatoms. The average Bonchev–Trinajstić information content (AvgIpc) is 2.95. The van der Waals surface area contributed by atoms with Crippen LogP contribution in [0.2, 0.25) is 13.3 Å². The second-order valence-electron chi connectivity index (χ2n) is 6.99. The zero-order chi connectivity index (χ0) is 16.7. The Morgan fingerprint density at radius 3 is 2.00 bits per heavy atom. The Labute approximate surface area is 145 Å². The molecule has 0 spiro atoms. The van der Waals surface area contributed by atoms with Gasteiger partial charge in [0.05, 0.1) is 0 Å². The van der Waals surface area contributed by atoms with E-state index in [2.05, 4.69) is 38.1 Å². The van der Waals surface area contributed by atoms with E-state index in [1.807, 2.05) is 17.9 Å². The molecule has 0 aliphatic heterocycles. The summed E-state index contributed by atoms with van der Waals surface area (Å²) in [7, 11) is 2.01. The van der Waals surface area contributed by atoms with Gasteiger partial charge in [-0.05, 0) is 0 Å². The van der Waals surface area contributed by atoms with Crippen LogP contribution in [-0.2, 0) is 7.05 Å². The van der Waals surface area contributed by atoms with Crippen LogP contribution in [0.25, 0.3) is 10.9 Å². The van der Waals surface area contributed by atoms with Crippen molar-refractivity contribution in [1.82, 2.24) is 14.8 Å². The van der Waals surface area contributed by atoms with E-state index in [1.165, 1.54) is 60.9 Å². The summed E-state index contributed by atoms with van der Waals surface area (Å²) in [4.78, 5) is 5.00. The van der Waals surface area contributed by atoms with Gasteiger partial charge in [0.2, 0.25) is 0 Å². The number of fused-ring (bicyclic) bond motifs is 1. The minimum absolute atomic E-state index is 1.16. The quantitative estimate of drug-likeness (QED) is 0.504. The first-order chi connectivity index (χ1) is 11.2. The number of aromatic nitrogens is 3. The zero-order valence-electron chi connectivity index (χ0n) is 15.4. The molecule has 2 rings (SSSR count). The molecule has 3 nitrogen and oxygen atoms in total. The SMILES string of the molecule is CCC[CH2][Sn]([CH2]CCC)([CH2]CCC)[c]1cc2cnn(C)c2cn1. The second-order valence-corrected chi connectivity index (χ2v) is 20.0. The number of aryl methyl sites for hydroxylation is 1. The maximum absolute atomic E-state index is 5.00. The molecule has 0 N–H and O–H groups in total. The first kappa shape index (κ1) is 18.8. The fourth-order valence-corrected chi connectivity index (χ4v) is 19.1. The van der Waals surface area contributed by atoms with Crippen molar-refractivity contribution in [2.75, 3.05) is 0 Å². The molecule has 0 aromatic carbocycles. The van der Waals surface area contributed by atoms with Crippen molar-refractivity contribution in [3.8, 4) is 0 Å². The molecular weight excluding hydrogens is 389 g/mol. The molecule has 0 aliphatic rings. The number of hydrogen-bond acceptors (Lipinski definition) is 2. The number of pyridine rings is 1. The summed E-state index contributed by atoms with van der Waals surface area (Å²) >= 11 is -2.38. The molecule has 0 fully saturated rings. The minimum atomic E-state index is -2.38. The van der Waals surface area contributed by atoms with Crippen molar-refractivity contribution in [3.63, 3.8) is 0 Å². The molecule has 0 atom stereocenters. The summed E-state index contributed by atoms with van der Waals surface area (Å²) in [6.07, 6.45) is 12.2. The van der Waals surface area contributed by atoms with E-state index in [0.717, 1.165) is 5.52 Å². The van der Waals surface area contributed by atoms with Crippen LogP contribution in [0, 0.1) is 0 Å². The van der Waals surface area contributed by atoms with E-state index in [9.17, 15) is 0 Å². The molecule has 0 saturated heterocycles. The Bertz CT molecular complexity index is 584. The maximum atomic E-state index is 5.00. The van der Waals surface area contributed by atoms with Gasteiger partial charge in [0, 0.05) is 0 Å². The summed E-state index contributed by atoms with van der Waals surface area (Å²) in [5, 5.41) is 5.69. The Morgan fingerprint density at radius 1 is 0.913 bits per heavy atom. The van der Waals surface area contributed by atoms with Crippen LogP contribution in [0.5, 0.6) is 0 Å². The van der Waals surface area contributed by atoms with Crippen LogP contribution in [0.15, 0.2) is 18.5 Å². The molecule has 2 aromatic rings. The molecule has 0 aliphatic carbocycles. The molecule has 0 bridgehead atoms. The van der Waals surface area contributed by atoms with Crippen LogP contribution in [0.3, 0.4) is 0 Å². The van der Waals surface area contributed by atoms with Gasteiger partial charge in [0.15, 0.2) is 0 Å². The molecule has 23 heavy (non-hydrogen) atoms. The van der Waals surface area contributed by atoms with Gasteiger partial charge in [0.1, 0.15) is 0 Å². The van der Waals surface area contributed by atoms with E-state index >= 15 is 0 Å². The summed E-state index contributed by atoms with van der Waals surface area (Å²) in [5.74, 6) is 0. The zero-order valence-corrected chi connectivity index (χ0v) is 18.3. The number of rotatable bonds is 10. The monoisotopic (exact) mass is 423 g/mol. The fourth-order valence-electron chi connectivity index (χ4n) is 3.64. The number of hydrogen-bond donors (Lipinski definition) is 0. The third kappa shape index (κ3) is 4.49. The van der Waals surface area contributed by atoms with Crippen molar-refractivity contribution in [1.29, 1.82) is 0 Å². The van der Waals surface area contributed by atoms with E-state index in [0.29, 0.717) is 0 Å². The summed E-state index contributed by atoms with van der Waals surface area (Å²) in [6, 6.07) is 2.40. The van der Waals surface area contributed by atoms with Gasteiger partial charge < -0.3 is 0 Å². The molecule has 0 amide bonds. The Kier molecular flexibility index (Phi) is 7.38. The molecule has 0 saturated carbocycles. The van der Waals surface area contributed by atoms with Crippen molar-refractivity contribution >= 4 is 33.0 Å².